The molecule has 4 heteroatoms. The van der Waals surface area contributed by atoms with Crippen LogP contribution in [0, 0.1) is 0 Å². The van der Waals surface area contributed by atoms with Gasteiger partial charge in [-0.25, -0.2) is 0 Å². The monoisotopic (exact) mass is 248 g/mol. The summed E-state index contributed by atoms with van der Waals surface area (Å²) in [5, 5.41) is 3.60. The first kappa shape index (κ1) is 12.1. The van der Waals surface area contributed by atoms with Crippen molar-refractivity contribution in [2.75, 3.05) is 26.4 Å². The number of ether oxygens (including phenoxy) is 2. The van der Waals surface area contributed by atoms with Crippen LogP contribution in [0.25, 0.3) is 0 Å². The fraction of sp³-hybridized carbons (Fsp3) is 0.643. The van der Waals surface area contributed by atoms with Gasteiger partial charge in [-0.15, -0.1) is 0 Å². The summed E-state index contributed by atoms with van der Waals surface area (Å²) in [5.74, 6) is 0. The van der Waals surface area contributed by atoms with Crippen molar-refractivity contribution in [1.29, 1.82) is 0 Å². The molecule has 4 nitrogen and oxygen atoms in total. The molecule has 0 aromatic carbocycles. The third-order valence-corrected chi connectivity index (χ3v) is 3.94. The Hall–Kier alpha value is -0.970. The smallest absolute Gasteiger partial charge is 0.0900 e. The molecule has 2 saturated heterocycles. The van der Waals surface area contributed by atoms with Gasteiger partial charge in [0.05, 0.1) is 18.2 Å². The van der Waals surface area contributed by atoms with Gasteiger partial charge in [0.25, 0.3) is 0 Å². The summed E-state index contributed by atoms with van der Waals surface area (Å²) in [7, 11) is 0. The zero-order valence-corrected chi connectivity index (χ0v) is 10.6. The third-order valence-electron chi connectivity index (χ3n) is 3.94. The highest BCUT2D eigenvalue weighted by atomic mass is 16.5. The van der Waals surface area contributed by atoms with E-state index < -0.39 is 0 Å². The summed E-state index contributed by atoms with van der Waals surface area (Å²) in [6.45, 7) is 3.34. The van der Waals surface area contributed by atoms with E-state index in [0.29, 0.717) is 0 Å². The predicted octanol–water partition coefficient (Wildman–Crippen LogP) is 1.68. The minimum Gasteiger partial charge on any atom is -0.381 e. The Bertz CT molecular complexity index is 375. The molecule has 0 aliphatic carbocycles. The van der Waals surface area contributed by atoms with Gasteiger partial charge < -0.3 is 14.8 Å². The Kier molecular flexibility index (Phi) is 3.59. The zero-order valence-electron chi connectivity index (χ0n) is 10.6. The van der Waals surface area contributed by atoms with Crippen LogP contribution in [0.4, 0.5) is 0 Å². The fourth-order valence-corrected chi connectivity index (χ4v) is 3.07. The molecule has 18 heavy (non-hydrogen) atoms. The highest BCUT2D eigenvalue weighted by molar-refractivity contribution is 5.19. The van der Waals surface area contributed by atoms with Crippen molar-refractivity contribution < 1.29 is 9.47 Å². The molecule has 1 spiro atoms. The molecule has 0 saturated carbocycles. The predicted molar refractivity (Wildman–Crippen MR) is 68.3 cm³/mol. The largest absolute Gasteiger partial charge is 0.381 e. The van der Waals surface area contributed by atoms with Crippen molar-refractivity contribution in [2.45, 2.75) is 30.9 Å². The summed E-state index contributed by atoms with van der Waals surface area (Å²) in [6, 6.07) is 4.36. The molecule has 2 aliphatic rings. The van der Waals surface area contributed by atoms with E-state index >= 15 is 0 Å². The molecule has 3 rings (SSSR count). The molecule has 0 bridgehead atoms. The second-order valence-electron chi connectivity index (χ2n) is 5.05. The van der Waals surface area contributed by atoms with Crippen LogP contribution in [-0.4, -0.2) is 37.0 Å². The summed E-state index contributed by atoms with van der Waals surface area (Å²) in [4.78, 5) is 4.23. The highest BCUT2D eigenvalue weighted by Crippen LogP contribution is 2.39. The number of hydrogen-bond acceptors (Lipinski definition) is 4. The van der Waals surface area contributed by atoms with Crippen LogP contribution in [0.15, 0.2) is 24.5 Å². The fourth-order valence-electron chi connectivity index (χ4n) is 3.07. The van der Waals surface area contributed by atoms with E-state index in [0.717, 1.165) is 45.6 Å². The summed E-state index contributed by atoms with van der Waals surface area (Å²) >= 11 is 0. The Balaban J connectivity index is 1.89. The summed E-state index contributed by atoms with van der Waals surface area (Å²) in [6.07, 6.45) is 6.84. The first-order chi connectivity index (χ1) is 8.91. The van der Waals surface area contributed by atoms with Crippen molar-refractivity contribution in [1.82, 2.24) is 10.3 Å². The van der Waals surface area contributed by atoms with Crippen molar-refractivity contribution in [3.05, 3.63) is 30.1 Å². The highest BCUT2D eigenvalue weighted by Gasteiger charge is 2.43. The van der Waals surface area contributed by atoms with Crippen LogP contribution in [0.1, 0.15) is 30.9 Å². The lowest BCUT2D eigenvalue weighted by Gasteiger charge is -2.44. The van der Waals surface area contributed by atoms with E-state index in [9.17, 15) is 0 Å². The van der Waals surface area contributed by atoms with E-state index in [2.05, 4.69) is 16.4 Å². The normalized spacial score (nSPS) is 33.2. The number of morpholine rings is 1. The average molecular weight is 248 g/mol. The van der Waals surface area contributed by atoms with E-state index in [1.54, 1.807) is 0 Å². The van der Waals surface area contributed by atoms with Crippen LogP contribution < -0.4 is 5.32 Å². The average Bonchev–Trinajstić information content (AvgIpc) is 2.67. The van der Waals surface area contributed by atoms with Crippen LogP contribution in [0.2, 0.25) is 0 Å². The van der Waals surface area contributed by atoms with Crippen LogP contribution in [0.5, 0.6) is 0 Å². The standard InChI is InChI=1S/C14H20N2O2/c1-3-12(11-15-6-1)13-14(18-10-7-16-13)4-2-8-17-9-5-14/h1,3,6,11,13,16H,2,4-5,7-10H2. The summed E-state index contributed by atoms with van der Waals surface area (Å²) in [5.41, 5.74) is 1.11. The molecule has 2 aliphatic heterocycles. The molecule has 0 amide bonds. The SMILES string of the molecule is c1cncc(C2NCCOC23CCCOCC3)c1. The van der Waals surface area contributed by atoms with Crippen molar-refractivity contribution in [3.63, 3.8) is 0 Å². The van der Waals surface area contributed by atoms with Gasteiger partial charge in [0.2, 0.25) is 0 Å². The summed E-state index contributed by atoms with van der Waals surface area (Å²) < 4.78 is 11.8. The number of pyridine rings is 1. The van der Waals surface area contributed by atoms with Gasteiger partial charge in [-0.3, -0.25) is 4.98 Å². The molecule has 0 radical (unpaired) electrons. The maximum atomic E-state index is 6.18. The number of aromatic nitrogens is 1. The number of hydrogen-bond donors (Lipinski definition) is 1. The maximum Gasteiger partial charge on any atom is 0.0900 e. The Morgan fingerprint density at radius 1 is 1.28 bits per heavy atom. The van der Waals surface area contributed by atoms with Gasteiger partial charge >= 0.3 is 0 Å². The minimum absolute atomic E-state index is 0.113. The minimum atomic E-state index is -0.113. The third kappa shape index (κ3) is 2.28. The van der Waals surface area contributed by atoms with Gasteiger partial charge in [0, 0.05) is 38.6 Å². The molecule has 2 unspecified atom stereocenters. The molecule has 1 aromatic rings. The van der Waals surface area contributed by atoms with Gasteiger partial charge in [-0.05, 0) is 24.5 Å². The Labute approximate surface area is 108 Å². The zero-order chi connectivity index (χ0) is 12.3. The second kappa shape index (κ2) is 5.34. The lowest BCUT2D eigenvalue weighted by atomic mass is 9.82. The second-order valence-corrected chi connectivity index (χ2v) is 5.05. The number of nitrogens with one attached hydrogen (secondary N) is 1. The molecule has 1 N–H and O–H groups in total. The molecule has 2 fully saturated rings. The first-order valence-corrected chi connectivity index (χ1v) is 6.76. The van der Waals surface area contributed by atoms with Gasteiger partial charge in [0.1, 0.15) is 0 Å². The van der Waals surface area contributed by atoms with Gasteiger partial charge in [-0.1, -0.05) is 6.07 Å². The van der Waals surface area contributed by atoms with E-state index in [1.165, 1.54) is 5.56 Å². The molecule has 3 heterocycles. The van der Waals surface area contributed by atoms with E-state index in [4.69, 9.17) is 9.47 Å². The van der Waals surface area contributed by atoms with Gasteiger partial charge in [0.15, 0.2) is 0 Å². The molecular weight excluding hydrogens is 228 g/mol. The number of nitrogens with zero attached hydrogens (tertiary/aromatic N) is 1. The van der Waals surface area contributed by atoms with Crippen molar-refractivity contribution in [3.8, 4) is 0 Å². The molecule has 1 aromatic heterocycles. The van der Waals surface area contributed by atoms with E-state index in [1.807, 2.05) is 18.5 Å². The van der Waals surface area contributed by atoms with Crippen molar-refractivity contribution >= 4 is 0 Å². The van der Waals surface area contributed by atoms with Gasteiger partial charge in [-0.2, -0.15) is 0 Å². The molecule has 2 atom stereocenters. The first-order valence-electron chi connectivity index (χ1n) is 6.76. The quantitative estimate of drug-likeness (QED) is 0.821. The Morgan fingerprint density at radius 2 is 2.28 bits per heavy atom. The van der Waals surface area contributed by atoms with Crippen LogP contribution >= 0.6 is 0 Å². The lowest BCUT2D eigenvalue weighted by molar-refractivity contribution is -0.109. The maximum absolute atomic E-state index is 6.18. The van der Waals surface area contributed by atoms with E-state index in [-0.39, 0.29) is 11.6 Å². The van der Waals surface area contributed by atoms with Crippen LogP contribution in [-0.2, 0) is 9.47 Å². The number of rotatable bonds is 1. The van der Waals surface area contributed by atoms with Crippen molar-refractivity contribution in [2.24, 2.45) is 0 Å². The topological polar surface area (TPSA) is 43.4 Å². The molecular formula is C14H20N2O2. The van der Waals surface area contributed by atoms with Crippen LogP contribution in [0.3, 0.4) is 0 Å². The lowest BCUT2D eigenvalue weighted by Crippen LogP contribution is -2.52. The molecule has 98 valence electrons. The Morgan fingerprint density at radius 3 is 3.17 bits per heavy atom.